The molecule has 0 bridgehead atoms. The van der Waals surface area contributed by atoms with Gasteiger partial charge in [0.2, 0.25) is 0 Å². The third kappa shape index (κ3) is 2.28. The maximum absolute atomic E-state index is 13.3. The Bertz CT molecular complexity index is 629. The molecular formula is C17H17F2N. The van der Waals surface area contributed by atoms with Crippen molar-refractivity contribution in [2.45, 2.75) is 26.3 Å². The molecule has 0 heterocycles. The molecule has 0 fully saturated rings. The standard InChI is InChI=1S/C17H17F2N/c1-17(2)10-11-5-3-4-6-15(11)16(17)20-14-8-12(18)7-13(19)9-14/h3-9,16,20H,10H2,1-2H3. The van der Waals surface area contributed by atoms with E-state index >= 15 is 0 Å². The first-order chi connectivity index (χ1) is 9.45. The molecule has 104 valence electrons. The molecule has 3 rings (SSSR count). The van der Waals surface area contributed by atoms with Crippen molar-refractivity contribution in [3.63, 3.8) is 0 Å². The second-order valence-corrected chi connectivity index (χ2v) is 6.10. The predicted octanol–water partition coefficient (Wildman–Crippen LogP) is 4.70. The molecule has 3 heteroatoms. The number of fused-ring (bicyclic) bond motifs is 1. The first-order valence-electron chi connectivity index (χ1n) is 6.76. The zero-order valence-corrected chi connectivity index (χ0v) is 11.6. The van der Waals surface area contributed by atoms with E-state index in [9.17, 15) is 8.78 Å². The van der Waals surface area contributed by atoms with Crippen LogP contribution in [0.2, 0.25) is 0 Å². The minimum atomic E-state index is -0.559. The fraction of sp³-hybridized carbons (Fsp3) is 0.294. The molecular weight excluding hydrogens is 256 g/mol. The van der Waals surface area contributed by atoms with E-state index in [1.54, 1.807) is 0 Å². The van der Waals surface area contributed by atoms with Gasteiger partial charge in [-0.25, -0.2) is 8.78 Å². The van der Waals surface area contributed by atoms with Gasteiger partial charge < -0.3 is 5.32 Å². The lowest BCUT2D eigenvalue weighted by atomic mass is 9.85. The molecule has 1 unspecified atom stereocenters. The average molecular weight is 273 g/mol. The Labute approximate surface area is 117 Å². The highest BCUT2D eigenvalue weighted by atomic mass is 19.1. The monoisotopic (exact) mass is 273 g/mol. The maximum atomic E-state index is 13.3. The quantitative estimate of drug-likeness (QED) is 0.836. The van der Waals surface area contributed by atoms with Gasteiger partial charge in [-0.05, 0) is 35.1 Å². The van der Waals surface area contributed by atoms with E-state index in [0.717, 1.165) is 12.5 Å². The molecule has 0 saturated heterocycles. The van der Waals surface area contributed by atoms with Gasteiger partial charge >= 0.3 is 0 Å². The van der Waals surface area contributed by atoms with Gasteiger partial charge in [-0.1, -0.05) is 38.1 Å². The predicted molar refractivity (Wildman–Crippen MR) is 76.6 cm³/mol. The van der Waals surface area contributed by atoms with E-state index in [1.807, 2.05) is 12.1 Å². The van der Waals surface area contributed by atoms with Gasteiger partial charge in [0.1, 0.15) is 11.6 Å². The zero-order valence-electron chi connectivity index (χ0n) is 11.6. The van der Waals surface area contributed by atoms with Crippen LogP contribution < -0.4 is 5.32 Å². The van der Waals surface area contributed by atoms with E-state index in [4.69, 9.17) is 0 Å². The lowest BCUT2D eigenvalue weighted by Crippen LogP contribution is -2.24. The summed E-state index contributed by atoms with van der Waals surface area (Å²) >= 11 is 0. The van der Waals surface area contributed by atoms with Crippen molar-refractivity contribution in [2.75, 3.05) is 5.32 Å². The molecule has 2 aromatic rings. The highest BCUT2D eigenvalue weighted by Crippen LogP contribution is 2.46. The Morgan fingerprint density at radius 2 is 1.70 bits per heavy atom. The van der Waals surface area contributed by atoms with Crippen LogP contribution in [0.1, 0.15) is 31.0 Å². The molecule has 20 heavy (non-hydrogen) atoms. The van der Waals surface area contributed by atoms with Crippen LogP contribution in [0.3, 0.4) is 0 Å². The van der Waals surface area contributed by atoms with E-state index in [0.29, 0.717) is 5.69 Å². The second kappa shape index (κ2) is 4.58. The van der Waals surface area contributed by atoms with E-state index in [-0.39, 0.29) is 11.5 Å². The van der Waals surface area contributed by atoms with Crippen LogP contribution in [-0.4, -0.2) is 0 Å². The molecule has 0 aliphatic heterocycles. The SMILES string of the molecule is CC1(C)Cc2ccccc2C1Nc1cc(F)cc(F)c1. The van der Waals surface area contributed by atoms with Crippen LogP contribution in [0, 0.1) is 17.0 Å². The van der Waals surface area contributed by atoms with Crippen LogP contribution in [0.15, 0.2) is 42.5 Å². The number of anilines is 1. The largest absolute Gasteiger partial charge is 0.378 e. The van der Waals surface area contributed by atoms with Crippen molar-refractivity contribution in [3.8, 4) is 0 Å². The number of hydrogen-bond donors (Lipinski definition) is 1. The summed E-state index contributed by atoms with van der Waals surface area (Å²) in [5.41, 5.74) is 3.00. The van der Waals surface area contributed by atoms with Gasteiger partial charge in [0.05, 0.1) is 6.04 Å². The second-order valence-electron chi connectivity index (χ2n) is 6.10. The summed E-state index contributed by atoms with van der Waals surface area (Å²) in [7, 11) is 0. The molecule has 1 aliphatic rings. The lowest BCUT2D eigenvalue weighted by Gasteiger charge is -2.29. The van der Waals surface area contributed by atoms with Gasteiger partial charge in [0.25, 0.3) is 0 Å². The summed E-state index contributed by atoms with van der Waals surface area (Å²) in [6, 6.07) is 11.8. The van der Waals surface area contributed by atoms with Crippen LogP contribution in [0.25, 0.3) is 0 Å². The van der Waals surface area contributed by atoms with Crippen LogP contribution in [0.5, 0.6) is 0 Å². The summed E-state index contributed by atoms with van der Waals surface area (Å²) in [6.07, 6.45) is 0.957. The van der Waals surface area contributed by atoms with Crippen molar-refractivity contribution in [1.29, 1.82) is 0 Å². The third-order valence-electron chi connectivity index (χ3n) is 3.97. The first-order valence-corrected chi connectivity index (χ1v) is 6.76. The van der Waals surface area contributed by atoms with Gasteiger partial charge in [0.15, 0.2) is 0 Å². The van der Waals surface area contributed by atoms with Crippen LogP contribution >= 0.6 is 0 Å². The number of rotatable bonds is 2. The fourth-order valence-corrected chi connectivity index (χ4v) is 3.07. The highest BCUT2D eigenvalue weighted by Gasteiger charge is 2.38. The van der Waals surface area contributed by atoms with E-state index in [2.05, 4.69) is 31.3 Å². The van der Waals surface area contributed by atoms with Crippen molar-refractivity contribution in [3.05, 3.63) is 65.2 Å². The molecule has 1 aliphatic carbocycles. The maximum Gasteiger partial charge on any atom is 0.128 e. The summed E-state index contributed by atoms with van der Waals surface area (Å²) in [5, 5.41) is 3.29. The third-order valence-corrected chi connectivity index (χ3v) is 3.97. The Morgan fingerprint density at radius 3 is 2.40 bits per heavy atom. The normalized spacial score (nSPS) is 19.7. The van der Waals surface area contributed by atoms with Gasteiger partial charge in [-0.15, -0.1) is 0 Å². The Kier molecular flexibility index (Phi) is 3.00. The van der Waals surface area contributed by atoms with Crippen LogP contribution in [0.4, 0.5) is 14.5 Å². The minimum absolute atomic E-state index is 0.00643. The Hall–Kier alpha value is -1.90. The van der Waals surface area contributed by atoms with Gasteiger partial charge in [0, 0.05) is 11.8 Å². The molecule has 2 aromatic carbocycles. The zero-order chi connectivity index (χ0) is 14.3. The van der Waals surface area contributed by atoms with Crippen molar-refractivity contribution >= 4 is 5.69 Å². The van der Waals surface area contributed by atoms with Crippen LogP contribution in [-0.2, 0) is 6.42 Å². The molecule has 0 spiro atoms. The van der Waals surface area contributed by atoms with Gasteiger partial charge in [-0.3, -0.25) is 0 Å². The topological polar surface area (TPSA) is 12.0 Å². The van der Waals surface area contributed by atoms with E-state index in [1.165, 1.54) is 23.3 Å². The molecule has 0 aromatic heterocycles. The molecule has 0 amide bonds. The molecule has 0 saturated carbocycles. The minimum Gasteiger partial charge on any atom is -0.378 e. The molecule has 1 atom stereocenters. The first kappa shape index (κ1) is 13.1. The van der Waals surface area contributed by atoms with Crippen molar-refractivity contribution in [1.82, 2.24) is 0 Å². The number of halogens is 2. The van der Waals surface area contributed by atoms with E-state index < -0.39 is 11.6 Å². The number of hydrogen-bond acceptors (Lipinski definition) is 1. The summed E-state index contributed by atoms with van der Waals surface area (Å²) in [4.78, 5) is 0. The van der Waals surface area contributed by atoms with Gasteiger partial charge in [-0.2, -0.15) is 0 Å². The summed E-state index contributed by atoms with van der Waals surface area (Å²) < 4.78 is 26.6. The Balaban J connectivity index is 1.97. The van der Waals surface area contributed by atoms with Crippen molar-refractivity contribution < 1.29 is 8.78 Å². The highest BCUT2D eigenvalue weighted by molar-refractivity contribution is 5.50. The van der Waals surface area contributed by atoms with Crippen molar-refractivity contribution in [2.24, 2.45) is 5.41 Å². The average Bonchev–Trinajstić information content (AvgIpc) is 2.59. The summed E-state index contributed by atoms with van der Waals surface area (Å²) in [5.74, 6) is -1.12. The smallest absolute Gasteiger partial charge is 0.128 e. The number of benzene rings is 2. The summed E-state index contributed by atoms with van der Waals surface area (Å²) in [6.45, 7) is 4.33. The lowest BCUT2D eigenvalue weighted by molar-refractivity contribution is 0.337. The fourth-order valence-electron chi connectivity index (χ4n) is 3.07. The molecule has 0 radical (unpaired) electrons. The Morgan fingerprint density at radius 1 is 1.05 bits per heavy atom. The molecule has 1 N–H and O–H groups in total. The number of nitrogens with one attached hydrogen (secondary N) is 1. The molecule has 1 nitrogen and oxygen atoms in total.